The Labute approximate surface area is 139 Å². The van der Waals surface area contributed by atoms with Crippen LogP contribution in [0, 0.1) is 12.8 Å². The second-order valence-corrected chi connectivity index (χ2v) is 8.00. The van der Waals surface area contributed by atoms with Crippen molar-refractivity contribution >= 4 is 33.3 Å². The number of benzene rings is 1. The number of rotatable bonds is 4. The maximum absolute atomic E-state index is 11.8. The molecule has 126 valence electrons. The zero-order valence-electron chi connectivity index (χ0n) is 12.5. The van der Waals surface area contributed by atoms with E-state index in [0.29, 0.717) is 10.8 Å². The Morgan fingerprint density at radius 2 is 2.09 bits per heavy atom. The van der Waals surface area contributed by atoms with E-state index in [1.807, 2.05) is 13.0 Å². The molecule has 0 saturated carbocycles. The fraction of sp³-hybridized carbons (Fsp3) is 0.429. The van der Waals surface area contributed by atoms with E-state index >= 15 is 0 Å². The van der Waals surface area contributed by atoms with Crippen molar-refractivity contribution < 1.29 is 22.7 Å². The third-order valence-electron chi connectivity index (χ3n) is 3.37. The summed E-state index contributed by atoms with van der Waals surface area (Å²) in [6, 6.07) is 5.16. The highest BCUT2D eigenvalue weighted by molar-refractivity contribution is 7.91. The van der Waals surface area contributed by atoms with Gasteiger partial charge in [-0.25, -0.2) is 8.42 Å². The van der Waals surface area contributed by atoms with Crippen LogP contribution in [0.4, 0.5) is 0 Å². The lowest BCUT2D eigenvalue weighted by Gasteiger charge is -2.12. The smallest absolute Gasteiger partial charge is 0.276 e. The minimum atomic E-state index is -3.15. The molecular formula is C14H17ClN2O5S. The Morgan fingerprint density at radius 3 is 2.74 bits per heavy atom. The van der Waals surface area contributed by atoms with Crippen LogP contribution in [0.5, 0.6) is 5.75 Å². The summed E-state index contributed by atoms with van der Waals surface area (Å²) in [5, 5.41) is 0.378. The van der Waals surface area contributed by atoms with Crippen LogP contribution in [0.2, 0.25) is 5.02 Å². The number of sulfone groups is 1. The van der Waals surface area contributed by atoms with Crippen LogP contribution in [0.3, 0.4) is 0 Å². The highest BCUT2D eigenvalue weighted by Gasteiger charge is 2.33. The molecule has 1 saturated heterocycles. The van der Waals surface area contributed by atoms with Gasteiger partial charge in [0.25, 0.3) is 5.91 Å². The molecule has 2 rings (SSSR count). The van der Waals surface area contributed by atoms with E-state index in [4.69, 9.17) is 16.3 Å². The highest BCUT2D eigenvalue weighted by atomic mass is 35.5. The number of halogens is 1. The van der Waals surface area contributed by atoms with E-state index in [9.17, 15) is 18.0 Å². The van der Waals surface area contributed by atoms with Gasteiger partial charge in [-0.05, 0) is 31.0 Å². The van der Waals surface area contributed by atoms with Gasteiger partial charge in [0, 0.05) is 0 Å². The van der Waals surface area contributed by atoms with Gasteiger partial charge in [-0.1, -0.05) is 17.7 Å². The van der Waals surface area contributed by atoms with E-state index in [-0.39, 0.29) is 24.5 Å². The number of nitrogens with one attached hydrogen (secondary N) is 2. The largest absolute Gasteiger partial charge is 0.482 e. The topological polar surface area (TPSA) is 102 Å². The van der Waals surface area contributed by atoms with Crippen LogP contribution in [0.25, 0.3) is 0 Å². The molecular weight excluding hydrogens is 344 g/mol. The number of hydrogen-bond acceptors (Lipinski definition) is 5. The first-order chi connectivity index (χ1) is 10.8. The predicted molar refractivity (Wildman–Crippen MR) is 84.7 cm³/mol. The molecule has 0 aromatic heterocycles. The average molecular weight is 361 g/mol. The summed E-state index contributed by atoms with van der Waals surface area (Å²) in [5.74, 6) is -1.55. The van der Waals surface area contributed by atoms with Crippen molar-refractivity contribution in [2.75, 3.05) is 18.1 Å². The van der Waals surface area contributed by atoms with Crippen LogP contribution < -0.4 is 15.6 Å². The summed E-state index contributed by atoms with van der Waals surface area (Å²) < 4.78 is 27.9. The van der Waals surface area contributed by atoms with Crippen LogP contribution in [0.1, 0.15) is 12.0 Å². The zero-order chi connectivity index (χ0) is 17.0. The molecule has 1 aromatic carbocycles. The summed E-state index contributed by atoms with van der Waals surface area (Å²) in [7, 11) is -3.15. The van der Waals surface area contributed by atoms with Crippen molar-refractivity contribution in [2.24, 2.45) is 5.92 Å². The first-order valence-electron chi connectivity index (χ1n) is 6.95. The SMILES string of the molecule is Cc1ccc(Cl)c(OCC(=O)NNC(=O)[C@H]2CCS(=O)(=O)C2)c1. The zero-order valence-corrected chi connectivity index (χ0v) is 14.0. The van der Waals surface area contributed by atoms with Crippen molar-refractivity contribution in [3.8, 4) is 5.75 Å². The van der Waals surface area contributed by atoms with Gasteiger partial charge in [0.15, 0.2) is 16.4 Å². The molecule has 1 aliphatic heterocycles. The van der Waals surface area contributed by atoms with Gasteiger partial charge in [-0.2, -0.15) is 0 Å². The Kier molecular flexibility index (Phi) is 5.48. The number of aryl methyl sites for hydroxylation is 1. The monoisotopic (exact) mass is 360 g/mol. The molecule has 1 aliphatic rings. The second-order valence-electron chi connectivity index (χ2n) is 5.36. The molecule has 1 heterocycles. The molecule has 2 N–H and O–H groups in total. The quantitative estimate of drug-likeness (QED) is 0.766. The summed E-state index contributed by atoms with van der Waals surface area (Å²) in [5.41, 5.74) is 5.33. The van der Waals surface area contributed by atoms with Crippen molar-refractivity contribution in [1.82, 2.24) is 10.9 Å². The van der Waals surface area contributed by atoms with Gasteiger partial charge < -0.3 is 4.74 Å². The fourth-order valence-corrected chi connectivity index (χ4v) is 4.05. The maximum Gasteiger partial charge on any atom is 0.276 e. The highest BCUT2D eigenvalue weighted by Crippen LogP contribution is 2.25. The number of hydrogen-bond donors (Lipinski definition) is 2. The molecule has 1 aromatic rings. The van der Waals surface area contributed by atoms with Gasteiger partial charge in [-0.15, -0.1) is 0 Å². The lowest BCUT2D eigenvalue weighted by molar-refractivity contribution is -0.131. The van der Waals surface area contributed by atoms with E-state index in [2.05, 4.69) is 10.9 Å². The van der Waals surface area contributed by atoms with Gasteiger partial charge in [0.05, 0.1) is 22.4 Å². The van der Waals surface area contributed by atoms with Gasteiger partial charge in [-0.3, -0.25) is 20.4 Å². The van der Waals surface area contributed by atoms with Crippen LogP contribution in [-0.4, -0.2) is 38.3 Å². The number of amides is 2. The molecule has 9 heteroatoms. The van der Waals surface area contributed by atoms with Crippen LogP contribution >= 0.6 is 11.6 Å². The molecule has 7 nitrogen and oxygen atoms in total. The third-order valence-corrected chi connectivity index (χ3v) is 5.45. The Bertz CT molecular complexity index is 720. The molecule has 0 bridgehead atoms. The van der Waals surface area contributed by atoms with Crippen molar-refractivity contribution in [2.45, 2.75) is 13.3 Å². The number of carbonyl (C=O) groups excluding carboxylic acids is 2. The van der Waals surface area contributed by atoms with E-state index in [1.54, 1.807) is 12.1 Å². The number of ether oxygens (including phenoxy) is 1. The van der Waals surface area contributed by atoms with Crippen molar-refractivity contribution in [1.29, 1.82) is 0 Å². The lowest BCUT2D eigenvalue weighted by Crippen LogP contribution is -2.46. The lowest BCUT2D eigenvalue weighted by atomic mass is 10.1. The Hall–Kier alpha value is -1.80. The van der Waals surface area contributed by atoms with Gasteiger partial charge in [0.1, 0.15) is 5.75 Å². The standard InChI is InChI=1S/C14H17ClN2O5S/c1-9-2-3-11(15)12(6-9)22-7-13(18)16-17-14(19)10-4-5-23(20,21)8-10/h2-3,6,10H,4-5,7-8H2,1H3,(H,16,18)(H,17,19)/t10-/m0/s1. The number of hydrazine groups is 1. The van der Waals surface area contributed by atoms with Crippen molar-refractivity contribution in [3.05, 3.63) is 28.8 Å². The summed E-state index contributed by atoms with van der Waals surface area (Å²) in [6.07, 6.45) is 0.263. The second kappa shape index (κ2) is 7.18. The van der Waals surface area contributed by atoms with Crippen LogP contribution in [-0.2, 0) is 19.4 Å². The Morgan fingerprint density at radius 1 is 1.35 bits per heavy atom. The molecule has 0 spiro atoms. The fourth-order valence-electron chi connectivity index (χ4n) is 2.14. The van der Waals surface area contributed by atoms with E-state index in [1.165, 1.54) is 0 Å². The third kappa shape index (κ3) is 5.11. The first kappa shape index (κ1) is 17.6. The molecule has 0 radical (unpaired) electrons. The molecule has 23 heavy (non-hydrogen) atoms. The van der Waals surface area contributed by atoms with Crippen molar-refractivity contribution in [3.63, 3.8) is 0 Å². The minimum Gasteiger partial charge on any atom is -0.482 e. The predicted octanol–water partition coefficient (Wildman–Crippen LogP) is 0.609. The summed E-state index contributed by atoms with van der Waals surface area (Å²) in [6.45, 7) is 1.53. The van der Waals surface area contributed by atoms with E-state index in [0.717, 1.165) is 5.56 Å². The normalized spacial score (nSPS) is 19.1. The van der Waals surface area contributed by atoms with Crippen LogP contribution in [0.15, 0.2) is 18.2 Å². The Balaban J connectivity index is 1.77. The number of carbonyl (C=O) groups is 2. The first-order valence-corrected chi connectivity index (χ1v) is 9.15. The van der Waals surface area contributed by atoms with E-state index < -0.39 is 27.6 Å². The molecule has 0 aliphatic carbocycles. The molecule has 1 atom stereocenters. The van der Waals surface area contributed by atoms with Gasteiger partial charge >= 0.3 is 0 Å². The maximum atomic E-state index is 11.8. The minimum absolute atomic E-state index is 0.00595. The molecule has 1 fully saturated rings. The summed E-state index contributed by atoms with van der Waals surface area (Å²) >= 11 is 5.94. The summed E-state index contributed by atoms with van der Waals surface area (Å²) in [4.78, 5) is 23.4. The van der Waals surface area contributed by atoms with Gasteiger partial charge in [0.2, 0.25) is 5.91 Å². The average Bonchev–Trinajstić information content (AvgIpc) is 2.86. The molecule has 2 amide bonds. The molecule has 0 unspecified atom stereocenters.